The van der Waals surface area contributed by atoms with E-state index < -0.39 is 10.0 Å². The number of rotatable bonds is 6. The molecule has 1 saturated carbocycles. The first-order chi connectivity index (χ1) is 9.36. The van der Waals surface area contributed by atoms with Crippen LogP contribution >= 0.6 is 24.0 Å². The maximum atomic E-state index is 12.3. The maximum absolute atomic E-state index is 12.3. The molecule has 0 heterocycles. The molecular formula is C14H22Cl2N2O2S. The van der Waals surface area contributed by atoms with Crippen molar-refractivity contribution in [3.05, 3.63) is 28.8 Å². The Morgan fingerprint density at radius 1 is 1.38 bits per heavy atom. The average molecular weight is 353 g/mol. The Labute approximate surface area is 137 Å². The van der Waals surface area contributed by atoms with Crippen molar-refractivity contribution >= 4 is 34.0 Å². The zero-order valence-corrected chi connectivity index (χ0v) is 14.5. The summed E-state index contributed by atoms with van der Waals surface area (Å²) in [5.41, 5.74) is 6.63. The Hall–Kier alpha value is -0.330. The number of aryl methyl sites for hydroxylation is 1. The summed E-state index contributed by atoms with van der Waals surface area (Å²) in [5.74, 6) is 0. The second-order valence-electron chi connectivity index (χ2n) is 5.56. The lowest BCUT2D eigenvalue weighted by Gasteiger charge is -2.38. The first-order valence-electron chi connectivity index (χ1n) is 6.93. The van der Waals surface area contributed by atoms with Gasteiger partial charge >= 0.3 is 0 Å². The molecule has 0 amide bonds. The Morgan fingerprint density at radius 3 is 2.57 bits per heavy atom. The lowest BCUT2D eigenvalue weighted by atomic mass is 9.78. The van der Waals surface area contributed by atoms with Gasteiger partial charge in [-0.05, 0) is 43.4 Å². The average Bonchev–Trinajstić information content (AvgIpc) is 2.36. The van der Waals surface area contributed by atoms with Crippen molar-refractivity contribution < 1.29 is 8.42 Å². The van der Waals surface area contributed by atoms with Crippen molar-refractivity contribution in [3.8, 4) is 0 Å². The van der Waals surface area contributed by atoms with Gasteiger partial charge in [-0.15, -0.1) is 12.4 Å². The minimum absolute atomic E-state index is 0. The van der Waals surface area contributed by atoms with E-state index in [2.05, 4.69) is 11.6 Å². The third-order valence-electron chi connectivity index (χ3n) is 3.79. The summed E-state index contributed by atoms with van der Waals surface area (Å²) in [6.07, 6.45) is 4.57. The van der Waals surface area contributed by atoms with Gasteiger partial charge < -0.3 is 5.73 Å². The van der Waals surface area contributed by atoms with Crippen LogP contribution in [0.25, 0.3) is 0 Å². The quantitative estimate of drug-likeness (QED) is 0.826. The molecule has 0 atom stereocenters. The summed E-state index contributed by atoms with van der Waals surface area (Å²) in [7, 11) is -3.60. The van der Waals surface area contributed by atoms with Crippen molar-refractivity contribution in [1.29, 1.82) is 0 Å². The number of benzene rings is 1. The topological polar surface area (TPSA) is 72.2 Å². The highest BCUT2D eigenvalue weighted by Crippen LogP contribution is 2.29. The summed E-state index contributed by atoms with van der Waals surface area (Å²) in [6, 6.07) is 5.15. The highest BCUT2D eigenvalue weighted by Gasteiger charge is 2.34. The second-order valence-corrected chi connectivity index (χ2v) is 7.70. The predicted molar refractivity (Wildman–Crippen MR) is 88.7 cm³/mol. The molecule has 0 saturated heterocycles. The number of hydrogen-bond acceptors (Lipinski definition) is 3. The molecule has 1 aliphatic rings. The van der Waals surface area contributed by atoms with Crippen LogP contribution in [0.5, 0.6) is 0 Å². The molecule has 0 spiro atoms. The molecule has 1 aromatic rings. The summed E-state index contributed by atoms with van der Waals surface area (Å²) < 4.78 is 27.3. The Balaban J connectivity index is 0.00000220. The van der Waals surface area contributed by atoms with Gasteiger partial charge in [-0.2, -0.15) is 0 Å². The van der Waals surface area contributed by atoms with Gasteiger partial charge in [0.1, 0.15) is 4.90 Å². The van der Waals surface area contributed by atoms with Gasteiger partial charge in [0.2, 0.25) is 10.0 Å². The van der Waals surface area contributed by atoms with Crippen molar-refractivity contribution in [1.82, 2.24) is 4.72 Å². The SMILES string of the molecule is CCCc1ccc(Cl)c(S(=O)(=O)NCC2(N)CCC2)c1.Cl. The summed E-state index contributed by atoms with van der Waals surface area (Å²) >= 11 is 6.03. The summed E-state index contributed by atoms with van der Waals surface area (Å²) in [5, 5.41) is 0.247. The van der Waals surface area contributed by atoms with Crippen molar-refractivity contribution in [2.45, 2.75) is 49.5 Å². The van der Waals surface area contributed by atoms with Crippen LogP contribution in [0, 0.1) is 0 Å². The fourth-order valence-electron chi connectivity index (χ4n) is 2.32. The first kappa shape index (κ1) is 18.7. The van der Waals surface area contributed by atoms with E-state index in [0.29, 0.717) is 0 Å². The minimum atomic E-state index is -3.60. The lowest BCUT2D eigenvalue weighted by molar-refractivity contribution is 0.251. The molecule has 120 valence electrons. The first-order valence-corrected chi connectivity index (χ1v) is 8.79. The monoisotopic (exact) mass is 352 g/mol. The molecule has 0 unspecified atom stereocenters. The van der Waals surface area contributed by atoms with Gasteiger partial charge in [0.25, 0.3) is 0 Å². The predicted octanol–water partition coefficient (Wildman–Crippen LogP) is 2.87. The molecule has 7 heteroatoms. The van der Waals surface area contributed by atoms with Gasteiger partial charge in [-0.3, -0.25) is 0 Å². The number of nitrogens with two attached hydrogens (primary N) is 1. The number of nitrogens with one attached hydrogen (secondary N) is 1. The van der Waals surface area contributed by atoms with Crippen molar-refractivity contribution in [3.63, 3.8) is 0 Å². The molecule has 1 fully saturated rings. The van der Waals surface area contributed by atoms with E-state index in [0.717, 1.165) is 37.7 Å². The highest BCUT2D eigenvalue weighted by molar-refractivity contribution is 7.89. The van der Waals surface area contributed by atoms with Gasteiger partial charge in [-0.1, -0.05) is 31.0 Å². The van der Waals surface area contributed by atoms with E-state index >= 15 is 0 Å². The highest BCUT2D eigenvalue weighted by atomic mass is 35.5. The van der Waals surface area contributed by atoms with Gasteiger partial charge in [0.15, 0.2) is 0 Å². The third kappa shape index (κ3) is 4.57. The third-order valence-corrected chi connectivity index (χ3v) is 5.67. The number of halogens is 2. The van der Waals surface area contributed by atoms with Crippen LogP contribution in [0.2, 0.25) is 5.02 Å². The van der Waals surface area contributed by atoms with Crippen LogP contribution in [0.3, 0.4) is 0 Å². The van der Waals surface area contributed by atoms with E-state index in [1.54, 1.807) is 12.1 Å². The normalized spacial score (nSPS) is 16.9. The van der Waals surface area contributed by atoms with Crippen LogP contribution in [0.1, 0.15) is 38.2 Å². The van der Waals surface area contributed by atoms with Crippen LogP contribution in [0.4, 0.5) is 0 Å². The zero-order chi connectivity index (χ0) is 14.8. The van der Waals surface area contributed by atoms with Crippen LogP contribution in [0.15, 0.2) is 23.1 Å². The molecule has 1 aliphatic carbocycles. The molecule has 0 aromatic heterocycles. The molecule has 0 bridgehead atoms. The summed E-state index contributed by atoms with van der Waals surface area (Å²) in [6.45, 7) is 2.32. The van der Waals surface area contributed by atoms with E-state index in [-0.39, 0.29) is 34.4 Å². The van der Waals surface area contributed by atoms with Crippen LogP contribution < -0.4 is 10.5 Å². The van der Waals surface area contributed by atoms with E-state index in [1.165, 1.54) is 0 Å². The molecule has 4 nitrogen and oxygen atoms in total. The Bertz CT molecular complexity index is 587. The summed E-state index contributed by atoms with van der Waals surface area (Å²) in [4.78, 5) is 0.146. The van der Waals surface area contributed by atoms with Gasteiger partial charge in [0, 0.05) is 12.1 Å². The number of sulfonamides is 1. The lowest BCUT2D eigenvalue weighted by Crippen LogP contribution is -2.54. The van der Waals surface area contributed by atoms with Crippen LogP contribution in [-0.2, 0) is 16.4 Å². The van der Waals surface area contributed by atoms with E-state index in [1.807, 2.05) is 6.07 Å². The second kappa shape index (κ2) is 7.29. The van der Waals surface area contributed by atoms with Crippen LogP contribution in [-0.4, -0.2) is 20.5 Å². The van der Waals surface area contributed by atoms with E-state index in [4.69, 9.17) is 17.3 Å². The zero-order valence-electron chi connectivity index (χ0n) is 12.1. The largest absolute Gasteiger partial charge is 0.324 e. The van der Waals surface area contributed by atoms with Gasteiger partial charge in [0.05, 0.1) is 5.02 Å². The molecule has 3 N–H and O–H groups in total. The van der Waals surface area contributed by atoms with Gasteiger partial charge in [-0.25, -0.2) is 13.1 Å². The Kier molecular flexibility index (Phi) is 6.50. The van der Waals surface area contributed by atoms with E-state index in [9.17, 15) is 8.42 Å². The molecule has 0 aliphatic heterocycles. The molecule has 21 heavy (non-hydrogen) atoms. The molecular weight excluding hydrogens is 331 g/mol. The number of hydrogen-bond donors (Lipinski definition) is 2. The minimum Gasteiger partial charge on any atom is -0.324 e. The smallest absolute Gasteiger partial charge is 0.242 e. The fourth-order valence-corrected chi connectivity index (χ4v) is 4.01. The Morgan fingerprint density at radius 2 is 2.05 bits per heavy atom. The molecule has 2 rings (SSSR count). The fraction of sp³-hybridized carbons (Fsp3) is 0.571. The van der Waals surface area contributed by atoms with Crippen molar-refractivity contribution in [2.24, 2.45) is 5.73 Å². The standard InChI is InChI=1S/C14H21ClN2O2S.ClH/c1-2-4-11-5-6-12(15)13(9-11)20(18,19)17-10-14(16)7-3-8-14;/h5-6,9,17H,2-4,7-8,10,16H2,1H3;1H. The molecule has 1 aromatic carbocycles. The molecule has 0 radical (unpaired) electrons. The van der Waals surface area contributed by atoms with Crippen molar-refractivity contribution in [2.75, 3.05) is 6.54 Å². The maximum Gasteiger partial charge on any atom is 0.242 e.